The number of benzene rings is 2. The summed E-state index contributed by atoms with van der Waals surface area (Å²) >= 11 is 0. The molecule has 3 N–H and O–H groups in total. The molecule has 5 heterocycles. The Morgan fingerprint density at radius 1 is 1.03 bits per heavy atom. The second-order valence-electron chi connectivity index (χ2n) is 10.1. The maximum Gasteiger partial charge on any atom is 0.119 e. The van der Waals surface area contributed by atoms with Crippen molar-refractivity contribution in [2.45, 2.75) is 49.3 Å². The van der Waals surface area contributed by atoms with Crippen LogP contribution in [-0.2, 0) is 17.4 Å². The topological polar surface area (TPSA) is 61.6 Å². The first-order valence-electron chi connectivity index (χ1n) is 11.6. The summed E-state index contributed by atoms with van der Waals surface area (Å²) in [4.78, 5) is 6.58. The molecule has 1 aromatic heterocycles. The number of rotatable bonds is 2. The van der Waals surface area contributed by atoms with E-state index in [0.717, 1.165) is 37.4 Å². The third kappa shape index (κ3) is 1.80. The largest absolute Gasteiger partial charge is 0.497 e. The minimum Gasteiger partial charge on any atom is -0.497 e. The summed E-state index contributed by atoms with van der Waals surface area (Å²) in [6.07, 6.45) is 2.39. The van der Waals surface area contributed by atoms with E-state index in [9.17, 15) is 0 Å². The summed E-state index contributed by atoms with van der Waals surface area (Å²) in [6, 6.07) is 12.9. The van der Waals surface area contributed by atoms with Gasteiger partial charge in [-0.15, -0.1) is 0 Å². The van der Waals surface area contributed by atoms with E-state index >= 15 is 0 Å². The molecule has 4 aliphatic rings. The Bertz CT molecular complexity index is 1280. The maximum atomic E-state index is 5.65. The van der Waals surface area contributed by atoms with Gasteiger partial charge >= 0.3 is 0 Å². The summed E-state index contributed by atoms with van der Waals surface area (Å²) in [6.45, 7) is 6.93. The lowest BCUT2D eigenvalue weighted by Crippen LogP contribution is -2.63. The highest BCUT2D eigenvalue weighted by molar-refractivity contribution is 5.87. The van der Waals surface area contributed by atoms with Crippen molar-refractivity contribution >= 4 is 16.6 Å². The van der Waals surface area contributed by atoms with Crippen LogP contribution in [0.25, 0.3) is 10.9 Å². The number of aromatic amines is 1. The van der Waals surface area contributed by atoms with Crippen LogP contribution < -0.4 is 20.1 Å². The Kier molecular flexibility index (Phi) is 3.41. The fourth-order valence-corrected chi connectivity index (χ4v) is 7.80. The van der Waals surface area contributed by atoms with Crippen molar-refractivity contribution in [3.63, 3.8) is 0 Å². The normalized spacial score (nSPS) is 34.4. The molecule has 166 valence electrons. The van der Waals surface area contributed by atoms with Gasteiger partial charge in [0.15, 0.2) is 0 Å². The van der Waals surface area contributed by atoms with Crippen molar-refractivity contribution in [3.8, 4) is 11.5 Å². The van der Waals surface area contributed by atoms with Crippen LogP contribution >= 0.6 is 0 Å². The van der Waals surface area contributed by atoms with E-state index < -0.39 is 0 Å². The highest BCUT2D eigenvalue weighted by Crippen LogP contribution is 2.67. The average Bonchev–Trinajstić information content (AvgIpc) is 3.50. The summed E-state index contributed by atoms with van der Waals surface area (Å²) in [5.41, 5.74) is 6.28. The van der Waals surface area contributed by atoms with E-state index in [1.165, 1.54) is 33.4 Å². The van der Waals surface area contributed by atoms with Gasteiger partial charge in [0, 0.05) is 28.8 Å². The standard InChI is InChI=1S/C26H30N4O2/c1-24-22-17(18-13-15(31-3)5-7-20(18)28-22)9-12-30(24)23-26(10-11-27-25(24,26)2)19-14-16(32-4)6-8-21(19)29-23/h5-8,13-14,23,27-29H,9-12H2,1-4H3. The Morgan fingerprint density at radius 3 is 2.62 bits per heavy atom. The van der Waals surface area contributed by atoms with Gasteiger partial charge in [0.05, 0.1) is 36.9 Å². The van der Waals surface area contributed by atoms with Gasteiger partial charge in [0.2, 0.25) is 0 Å². The first kappa shape index (κ1) is 18.8. The van der Waals surface area contributed by atoms with Crippen LogP contribution in [0.4, 0.5) is 5.69 Å². The Balaban J connectivity index is 1.49. The molecule has 1 spiro atoms. The minimum atomic E-state index is -0.179. The fourth-order valence-electron chi connectivity index (χ4n) is 7.80. The van der Waals surface area contributed by atoms with E-state index in [2.05, 4.69) is 70.8 Å². The van der Waals surface area contributed by atoms with Crippen molar-refractivity contribution in [3.05, 3.63) is 53.2 Å². The summed E-state index contributed by atoms with van der Waals surface area (Å²) in [5.74, 6) is 1.85. The number of nitrogens with zero attached hydrogens (tertiary/aromatic N) is 1. The summed E-state index contributed by atoms with van der Waals surface area (Å²) < 4.78 is 11.2. The van der Waals surface area contributed by atoms with Crippen molar-refractivity contribution in [2.75, 3.05) is 32.6 Å². The molecule has 0 radical (unpaired) electrons. The third-order valence-corrected chi connectivity index (χ3v) is 9.42. The van der Waals surface area contributed by atoms with Gasteiger partial charge in [0.1, 0.15) is 11.5 Å². The fraction of sp³-hybridized carbons (Fsp3) is 0.462. The first-order chi connectivity index (χ1) is 15.5. The zero-order valence-corrected chi connectivity index (χ0v) is 19.1. The maximum absolute atomic E-state index is 5.65. The quantitative estimate of drug-likeness (QED) is 0.579. The highest BCUT2D eigenvalue weighted by Gasteiger charge is 2.77. The number of hydrogen-bond donors (Lipinski definition) is 3. The molecule has 0 aliphatic carbocycles. The molecule has 4 unspecified atom stereocenters. The monoisotopic (exact) mass is 430 g/mol. The van der Waals surface area contributed by atoms with Crippen molar-refractivity contribution in [1.29, 1.82) is 0 Å². The predicted octanol–water partition coefficient (Wildman–Crippen LogP) is 3.71. The molecule has 2 saturated heterocycles. The van der Waals surface area contributed by atoms with Crippen molar-refractivity contribution in [2.24, 2.45) is 0 Å². The molecule has 2 aromatic carbocycles. The number of H-pyrrole nitrogens is 1. The molecule has 0 amide bonds. The molecule has 6 nitrogen and oxygen atoms in total. The van der Waals surface area contributed by atoms with Crippen LogP contribution in [0.2, 0.25) is 0 Å². The van der Waals surface area contributed by atoms with Gasteiger partial charge in [-0.05, 0) is 80.8 Å². The second kappa shape index (κ2) is 5.80. The minimum absolute atomic E-state index is 0.0256. The number of fused-ring (bicyclic) bond motifs is 8. The number of hydrogen-bond acceptors (Lipinski definition) is 5. The van der Waals surface area contributed by atoms with Crippen LogP contribution in [-0.4, -0.2) is 48.9 Å². The zero-order valence-electron chi connectivity index (χ0n) is 19.1. The first-order valence-corrected chi connectivity index (χ1v) is 11.6. The molecule has 7 rings (SSSR count). The highest BCUT2D eigenvalue weighted by atomic mass is 16.5. The Hall–Kier alpha value is -2.70. The van der Waals surface area contributed by atoms with Gasteiger partial charge in [-0.3, -0.25) is 4.90 Å². The van der Waals surface area contributed by atoms with Crippen LogP contribution in [0.5, 0.6) is 11.5 Å². The van der Waals surface area contributed by atoms with Gasteiger partial charge in [-0.1, -0.05) is 0 Å². The van der Waals surface area contributed by atoms with Crippen LogP contribution in [0, 0.1) is 0 Å². The lowest BCUT2D eigenvalue weighted by Gasteiger charge is -2.50. The molecular formula is C26H30N4O2. The number of ether oxygens (including phenoxy) is 2. The second-order valence-corrected chi connectivity index (χ2v) is 10.1. The third-order valence-electron chi connectivity index (χ3n) is 9.42. The number of anilines is 1. The van der Waals surface area contributed by atoms with Crippen LogP contribution in [0.3, 0.4) is 0 Å². The SMILES string of the molecule is COc1ccc2c(c1)C13CCNC1(C)C1(C)c4[nH]c5ccc(OC)cc5c4CCN1C3N2. The molecule has 32 heavy (non-hydrogen) atoms. The van der Waals surface area contributed by atoms with Crippen molar-refractivity contribution < 1.29 is 9.47 Å². The molecule has 4 aliphatic heterocycles. The predicted molar refractivity (Wildman–Crippen MR) is 126 cm³/mol. The van der Waals surface area contributed by atoms with E-state index in [-0.39, 0.29) is 22.7 Å². The smallest absolute Gasteiger partial charge is 0.119 e. The summed E-state index contributed by atoms with van der Waals surface area (Å²) in [7, 11) is 3.50. The lowest BCUT2D eigenvalue weighted by atomic mass is 9.61. The van der Waals surface area contributed by atoms with Crippen LogP contribution in [0.15, 0.2) is 36.4 Å². The molecule has 2 fully saturated rings. The van der Waals surface area contributed by atoms with Crippen LogP contribution in [0.1, 0.15) is 37.1 Å². The molecule has 0 bridgehead atoms. The van der Waals surface area contributed by atoms with E-state index in [4.69, 9.17) is 9.47 Å². The van der Waals surface area contributed by atoms with Gasteiger partial charge in [-0.2, -0.15) is 0 Å². The molecule has 6 heteroatoms. The Morgan fingerprint density at radius 2 is 1.81 bits per heavy atom. The molecule has 3 aromatic rings. The number of aromatic nitrogens is 1. The lowest BCUT2D eigenvalue weighted by molar-refractivity contribution is 0.0594. The molecule has 4 atom stereocenters. The summed E-state index contributed by atoms with van der Waals surface area (Å²) in [5, 5.41) is 9.25. The number of nitrogens with one attached hydrogen (secondary N) is 3. The van der Waals surface area contributed by atoms with Gasteiger partial charge in [0.25, 0.3) is 0 Å². The van der Waals surface area contributed by atoms with E-state index in [0.29, 0.717) is 0 Å². The van der Waals surface area contributed by atoms with Gasteiger partial charge in [-0.25, -0.2) is 0 Å². The molecule has 0 saturated carbocycles. The molecular weight excluding hydrogens is 400 g/mol. The average molecular weight is 431 g/mol. The van der Waals surface area contributed by atoms with Crippen molar-refractivity contribution in [1.82, 2.24) is 15.2 Å². The van der Waals surface area contributed by atoms with E-state index in [1.54, 1.807) is 14.2 Å². The Labute approximate surface area is 188 Å². The van der Waals surface area contributed by atoms with Gasteiger partial charge < -0.3 is 25.1 Å². The van der Waals surface area contributed by atoms with E-state index in [1.807, 2.05) is 0 Å². The zero-order chi connectivity index (χ0) is 21.9. The number of methoxy groups -OCH3 is 2.